The lowest BCUT2D eigenvalue weighted by Crippen LogP contribution is -2.43. The van der Waals surface area contributed by atoms with Crippen molar-refractivity contribution in [3.8, 4) is 11.8 Å². The highest BCUT2D eigenvalue weighted by molar-refractivity contribution is 6.74. The molecule has 1 aliphatic rings. The molecule has 1 atom stereocenters. The van der Waals surface area contributed by atoms with Gasteiger partial charge in [0, 0.05) is 0 Å². The van der Waals surface area contributed by atoms with E-state index < -0.39 is 8.32 Å². The summed E-state index contributed by atoms with van der Waals surface area (Å²) in [6, 6.07) is 8.50. The first-order chi connectivity index (χ1) is 8.24. The molecule has 0 bridgehead atoms. The van der Waals surface area contributed by atoms with Crippen LogP contribution < -0.4 is 4.43 Å². The van der Waals surface area contributed by atoms with Crippen LogP contribution in [0.1, 0.15) is 37.8 Å². The number of hydrogen-bond acceptors (Lipinski definition) is 2. The molecule has 0 amide bonds. The summed E-state index contributed by atoms with van der Waals surface area (Å²) in [6.07, 6.45) is 0.876. The molecule has 0 saturated carbocycles. The molecule has 18 heavy (non-hydrogen) atoms. The molecule has 2 rings (SSSR count). The van der Waals surface area contributed by atoms with Crippen LogP contribution in [-0.4, -0.2) is 8.32 Å². The molecular weight excluding hydrogens is 238 g/mol. The first-order valence-electron chi connectivity index (χ1n) is 6.46. The second-order valence-electron chi connectivity index (χ2n) is 6.61. The molecule has 96 valence electrons. The largest absolute Gasteiger partial charge is 0.543 e. The number of hydrogen-bond donors (Lipinski definition) is 0. The standard InChI is InChI=1S/C15H21NOSi/c1-15(2,3)18(4,5)17-13-6-7-14-11(9-13)8-12(14)10-16/h6-7,9,12H,8H2,1-5H3. The SMILES string of the molecule is CC(C)(C)[Si](C)(C)Oc1ccc2c(c1)CC2C#N. The highest BCUT2D eigenvalue weighted by Gasteiger charge is 2.39. The van der Waals surface area contributed by atoms with Gasteiger partial charge >= 0.3 is 0 Å². The number of rotatable bonds is 2. The summed E-state index contributed by atoms with van der Waals surface area (Å²) in [6.45, 7) is 11.2. The Kier molecular flexibility index (Phi) is 3.02. The molecule has 0 spiro atoms. The van der Waals surface area contributed by atoms with Crippen molar-refractivity contribution in [2.75, 3.05) is 0 Å². The minimum Gasteiger partial charge on any atom is -0.543 e. The lowest BCUT2D eigenvalue weighted by Gasteiger charge is -2.37. The van der Waals surface area contributed by atoms with Crippen molar-refractivity contribution in [1.82, 2.24) is 0 Å². The summed E-state index contributed by atoms with van der Waals surface area (Å²) in [5, 5.41) is 9.13. The van der Waals surface area contributed by atoms with Crippen LogP contribution in [0.4, 0.5) is 0 Å². The van der Waals surface area contributed by atoms with Crippen molar-refractivity contribution in [2.45, 2.75) is 51.2 Å². The molecule has 0 aromatic heterocycles. The molecule has 0 saturated heterocycles. The van der Waals surface area contributed by atoms with Gasteiger partial charge < -0.3 is 4.43 Å². The topological polar surface area (TPSA) is 33.0 Å². The van der Waals surface area contributed by atoms with Gasteiger partial charge in [-0.3, -0.25) is 0 Å². The normalized spacial score (nSPS) is 18.6. The van der Waals surface area contributed by atoms with Crippen LogP contribution >= 0.6 is 0 Å². The van der Waals surface area contributed by atoms with Crippen molar-refractivity contribution < 1.29 is 4.43 Å². The van der Waals surface area contributed by atoms with Crippen molar-refractivity contribution >= 4 is 8.32 Å². The van der Waals surface area contributed by atoms with Gasteiger partial charge in [-0.15, -0.1) is 0 Å². The van der Waals surface area contributed by atoms with E-state index >= 15 is 0 Å². The average Bonchev–Trinajstić information content (AvgIpc) is 2.19. The zero-order valence-corrected chi connectivity index (χ0v) is 12.9. The molecule has 3 heteroatoms. The molecule has 0 heterocycles. The molecule has 0 fully saturated rings. The van der Waals surface area contributed by atoms with Crippen LogP contribution in [0.25, 0.3) is 0 Å². The Labute approximate surface area is 111 Å². The average molecular weight is 259 g/mol. The van der Waals surface area contributed by atoms with Gasteiger partial charge in [-0.05, 0) is 47.8 Å². The second kappa shape index (κ2) is 4.13. The van der Waals surface area contributed by atoms with E-state index in [-0.39, 0.29) is 11.0 Å². The van der Waals surface area contributed by atoms with Gasteiger partial charge in [0.25, 0.3) is 0 Å². The highest BCUT2D eigenvalue weighted by atomic mass is 28.4. The number of nitriles is 1. The summed E-state index contributed by atoms with van der Waals surface area (Å²) in [4.78, 5) is 0. The predicted molar refractivity (Wildman–Crippen MR) is 76.3 cm³/mol. The maximum atomic E-state index is 8.92. The van der Waals surface area contributed by atoms with E-state index in [1.165, 1.54) is 11.1 Å². The minimum absolute atomic E-state index is 0.0990. The molecule has 0 aliphatic heterocycles. The summed E-state index contributed by atoms with van der Waals surface area (Å²) in [5.74, 6) is 1.07. The summed E-state index contributed by atoms with van der Waals surface area (Å²) >= 11 is 0. The first kappa shape index (κ1) is 13.2. The summed E-state index contributed by atoms with van der Waals surface area (Å²) < 4.78 is 6.26. The maximum absolute atomic E-state index is 8.92. The van der Waals surface area contributed by atoms with Crippen LogP contribution in [0, 0.1) is 11.3 Å². The van der Waals surface area contributed by atoms with E-state index in [4.69, 9.17) is 9.69 Å². The Morgan fingerprint density at radius 3 is 2.50 bits per heavy atom. The fourth-order valence-electron chi connectivity index (χ4n) is 1.92. The monoisotopic (exact) mass is 259 g/mol. The summed E-state index contributed by atoms with van der Waals surface area (Å²) in [5.41, 5.74) is 2.46. The number of benzene rings is 1. The molecule has 2 nitrogen and oxygen atoms in total. The van der Waals surface area contributed by atoms with Crippen LogP contribution in [0.15, 0.2) is 18.2 Å². The van der Waals surface area contributed by atoms with Gasteiger partial charge in [0.05, 0.1) is 12.0 Å². The fourth-order valence-corrected chi connectivity index (χ4v) is 2.95. The second-order valence-corrected chi connectivity index (χ2v) is 11.3. The van der Waals surface area contributed by atoms with E-state index in [2.05, 4.69) is 52.1 Å². The van der Waals surface area contributed by atoms with Gasteiger partial charge in [0.15, 0.2) is 0 Å². The molecule has 0 radical (unpaired) electrons. The molecule has 1 aromatic carbocycles. The Balaban J connectivity index is 2.18. The van der Waals surface area contributed by atoms with Crippen LogP contribution in [0.5, 0.6) is 5.75 Å². The van der Waals surface area contributed by atoms with Crippen LogP contribution in [0.2, 0.25) is 18.1 Å². The third kappa shape index (κ3) is 2.17. The molecule has 1 unspecified atom stereocenters. The van der Waals surface area contributed by atoms with Crippen molar-refractivity contribution in [1.29, 1.82) is 5.26 Å². The van der Waals surface area contributed by atoms with Crippen LogP contribution in [0.3, 0.4) is 0 Å². The fraction of sp³-hybridized carbons (Fsp3) is 0.533. The minimum atomic E-state index is -1.75. The predicted octanol–water partition coefficient (Wildman–Crippen LogP) is 4.23. The Hall–Kier alpha value is -1.27. The first-order valence-corrected chi connectivity index (χ1v) is 9.37. The van der Waals surface area contributed by atoms with E-state index in [1.54, 1.807) is 0 Å². The Morgan fingerprint density at radius 2 is 2.00 bits per heavy atom. The lowest BCUT2D eigenvalue weighted by molar-refractivity contribution is 0.490. The Morgan fingerprint density at radius 1 is 1.33 bits per heavy atom. The van der Waals surface area contributed by atoms with Gasteiger partial charge in [0.2, 0.25) is 8.32 Å². The lowest BCUT2D eigenvalue weighted by atomic mass is 9.78. The molecule has 0 N–H and O–H groups in total. The maximum Gasteiger partial charge on any atom is 0.250 e. The van der Waals surface area contributed by atoms with Gasteiger partial charge in [-0.25, -0.2) is 0 Å². The molecular formula is C15H21NOSi. The summed E-state index contributed by atoms with van der Waals surface area (Å²) in [7, 11) is -1.75. The number of nitrogens with zero attached hydrogens (tertiary/aromatic N) is 1. The van der Waals surface area contributed by atoms with Crippen molar-refractivity contribution in [3.63, 3.8) is 0 Å². The van der Waals surface area contributed by atoms with Crippen LogP contribution in [-0.2, 0) is 6.42 Å². The zero-order chi connectivity index (χ0) is 13.6. The van der Waals surface area contributed by atoms with E-state index in [0.717, 1.165) is 12.2 Å². The Bertz CT molecular complexity index is 508. The third-order valence-electron chi connectivity index (χ3n) is 4.25. The smallest absolute Gasteiger partial charge is 0.250 e. The zero-order valence-electron chi connectivity index (χ0n) is 11.9. The quantitative estimate of drug-likeness (QED) is 0.744. The number of fused-ring (bicyclic) bond motifs is 1. The van der Waals surface area contributed by atoms with E-state index in [9.17, 15) is 0 Å². The van der Waals surface area contributed by atoms with E-state index in [1.807, 2.05) is 6.07 Å². The van der Waals surface area contributed by atoms with Gasteiger partial charge in [-0.1, -0.05) is 26.8 Å². The van der Waals surface area contributed by atoms with Gasteiger partial charge in [0.1, 0.15) is 5.75 Å². The highest BCUT2D eigenvalue weighted by Crippen LogP contribution is 2.40. The third-order valence-corrected chi connectivity index (χ3v) is 8.61. The van der Waals surface area contributed by atoms with E-state index in [0.29, 0.717) is 0 Å². The van der Waals surface area contributed by atoms with Crippen molar-refractivity contribution in [2.24, 2.45) is 0 Å². The van der Waals surface area contributed by atoms with Gasteiger partial charge in [-0.2, -0.15) is 5.26 Å². The van der Waals surface area contributed by atoms with Crippen molar-refractivity contribution in [3.05, 3.63) is 29.3 Å². The molecule has 1 aliphatic carbocycles. The molecule has 1 aromatic rings.